The zero-order valence-corrected chi connectivity index (χ0v) is 7.21. The summed E-state index contributed by atoms with van der Waals surface area (Å²) in [6.07, 6.45) is 0. The maximum absolute atomic E-state index is 10.6. The third-order valence-electron chi connectivity index (χ3n) is 1.94. The highest BCUT2D eigenvalue weighted by molar-refractivity contribution is 5.78. The first kappa shape index (κ1) is 8.42. The molecule has 0 radical (unpaired) electrons. The Balaban J connectivity index is 2.80. The van der Waals surface area contributed by atoms with Gasteiger partial charge in [-0.05, 0) is 18.2 Å². The first-order valence-electron chi connectivity index (χ1n) is 3.79. The number of rotatable bonds is 1. The Morgan fingerprint density at radius 1 is 1.57 bits per heavy atom. The number of hydrogen-bond acceptors (Lipinski definition) is 5. The number of benzene rings is 1. The molecule has 0 amide bonds. The number of fused-ring (bicyclic) bond motifs is 1. The van der Waals surface area contributed by atoms with Crippen LogP contribution in [0.25, 0.3) is 11.0 Å². The van der Waals surface area contributed by atoms with Crippen molar-refractivity contribution in [3.8, 4) is 0 Å². The fraction of sp³-hybridized carbons (Fsp3) is 0.143. The van der Waals surface area contributed by atoms with Gasteiger partial charge in [-0.15, -0.1) is 5.10 Å². The summed E-state index contributed by atoms with van der Waals surface area (Å²) < 4.78 is 0. The number of hydrogen-bond donors (Lipinski definition) is 1. The molecule has 2 rings (SSSR count). The molecule has 0 aliphatic carbocycles. The topological polar surface area (TPSA) is 94.1 Å². The Labute approximate surface area is 77.7 Å². The summed E-state index contributed by atoms with van der Waals surface area (Å²) >= 11 is 0. The van der Waals surface area contributed by atoms with Crippen LogP contribution in [-0.4, -0.2) is 25.3 Å². The average Bonchev–Trinajstić information content (AvgIpc) is 2.46. The van der Waals surface area contributed by atoms with Gasteiger partial charge in [-0.3, -0.25) is 10.1 Å². The number of nitro benzene ring substituents is 1. The lowest BCUT2D eigenvalue weighted by Gasteiger charge is -1.96. The van der Waals surface area contributed by atoms with Gasteiger partial charge in [0.2, 0.25) is 0 Å². The van der Waals surface area contributed by atoms with Crippen LogP contribution < -0.4 is 0 Å². The van der Waals surface area contributed by atoms with E-state index in [0.29, 0.717) is 15.9 Å². The van der Waals surface area contributed by atoms with Gasteiger partial charge in [0.05, 0.1) is 4.92 Å². The van der Waals surface area contributed by atoms with E-state index in [4.69, 9.17) is 5.21 Å². The standard InChI is InChI=1S/C7H6N4O3/c1-4-2-5-7(10(12)9-8-5)3-6(4)11(13)14/h2-3,12H,1H3. The molecule has 7 nitrogen and oxygen atoms in total. The third kappa shape index (κ3) is 1.06. The van der Waals surface area contributed by atoms with Crippen molar-refractivity contribution in [2.75, 3.05) is 0 Å². The summed E-state index contributed by atoms with van der Waals surface area (Å²) in [6, 6.07) is 2.75. The zero-order valence-electron chi connectivity index (χ0n) is 7.21. The second-order valence-electron chi connectivity index (χ2n) is 2.86. The van der Waals surface area contributed by atoms with Crippen LogP contribution in [0, 0.1) is 17.0 Å². The fourth-order valence-corrected chi connectivity index (χ4v) is 1.25. The summed E-state index contributed by atoms with van der Waals surface area (Å²) in [5, 5.41) is 26.7. The van der Waals surface area contributed by atoms with Crippen LogP contribution in [0.2, 0.25) is 0 Å². The Kier molecular flexibility index (Phi) is 1.60. The molecule has 1 aromatic carbocycles. The maximum Gasteiger partial charge on any atom is 0.274 e. The van der Waals surface area contributed by atoms with Gasteiger partial charge in [-0.2, -0.15) is 0 Å². The van der Waals surface area contributed by atoms with E-state index in [9.17, 15) is 10.1 Å². The van der Waals surface area contributed by atoms with E-state index < -0.39 is 4.92 Å². The van der Waals surface area contributed by atoms with Gasteiger partial charge in [0.25, 0.3) is 5.69 Å². The first-order valence-corrected chi connectivity index (χ1v) is 3.79. The van der Waals surface area contributed by atoms with Gasteiger partial charge in [0, 0.05) is 11.6 Å². The molecule has 14 heavy (non-hydrogen) atoms. The van der Waals surface area contributed by atoms with Gasteiger partial charge in [0.15, 0.2) is 0 Å². The highest BCUT2D eigenvalue weighted by Crippen LogP contribution is 2.22. The Morgan fingerprint density at radius 2 is 2.29 bits per heavy atom. The molecule has 0 spiro atoms. The van der Waals surface area contributed by atoms with Crippen LogP contribution in [0.15, 0.2) is 12.1 Å². The lowest BCUT2D eigenvalue weighted by molar-refractivity contribution is -0.385. The van der Waals surface area contributed by atoms with Gasteiger partial charge < -0.3 is 5.21 Å². The van der Waals surface area contributed by atoms with E-state index in [1.54, 1.807) is 6.92 Å². The van der Waals surface area contributed by atoms with Crippen molar-refractivity contribution in [1.29, 1.82) is 0 Å². The maximum atomic E-state index is 10.6. The first-order chi connectivity index (χ1) is 6.59. The molecule has 1 heterocycles. The van der Waals surface area contributed by atoms with Gasteiger partial charge >= 0.3 is 0 Å². The average molecular weight is 194 g/mol. The molecule has 1 N–H and O–H groups in total. The molecule has 0 aliphatic heterocycles. The second kappa shape index (κ2) is 2.66. The Hall–Kier alpha value is -2.18. The molecular weight excluding hydrogens is 188 g/mol. The normalized spacial score (nSPS) is 10.6. The summed E-state index contributed by atoms with van der Waals surface area (Å²) in [7, 11) is 0. The molecule has 0 saturated carbocycles. The molecule has 1 aromatic heterocycles. The minimum Gasteiger partial charge on any atom is -0.410 e. The van der Waals surface area contributed by atoms with Crippen molar-refractivity contribution in [3.05, 3.63) is 27.8 Å². The summed E-state index contributed by atoms with van der Waals surface area (Å²) in [5.41, 5.74) is 1.08. The molecule has 0 fully saturated rings. The number of nitrogens with zero attached hydrogens (tertiary/aromatic N) is 4. The van der Waals surface area contributed by atoms with Crippen molar-refractivity contribution in [2.24, 2.45) is 0 Å². The van der Waals surface area contributed by atoms with Crippen LogP contribution in [0.1, 0.15) is 5.56 Å². The number of aromatic nitrogens is 3. The highest BCUT2D eigenvalue weighted by atomic mass is 16.6. The zero-order chi connectivity index (χ0) is 10.3. The highest BCUT2D eigenvalue weighted by Gasteiger charge is 2.15. The third-order valence-corrected chi connectivity index (χ3v) is 1.94. The van der Waals surface area contributed by atoms with E-state index in [1.807, 2.05) is 0 Å². The molecule has 72 valence electrons. The van der Waals surface area contributed by atoms with Crippen LogP contribution in [0.5, 0.6) is 0 Å². The minimum atomic E-state index is -0.512. The second-order valence-corrected chi connectivity index (χ2v) is 2.86. The molecule has 0 atom stereocenters. The molecule has 0 aliphatic rings. The van der Waals surface area contributed by atoms with Crippen molar-refractivity contribution in [3.63, 3.8) is 0 Å². The van der Waals surface area contributed by atoms with E-state index in [1.165, 1.54) is 12.1 Å². The van der Waals surface area contributed by atoms with Crippen LogP contribution >= 0.6 is 0 Å². The number of nitro groups is 1. The SMILES string of the molecule is Cc1cc2nnn(O)c2cc1[N+](=O)[O-]. The summed E-state index contributed by atoms with van der Waals surface area (Å²) in [6.45, 7) is 1.61. The molecule has 7 heteroatoms. The molecule has 2 aromatic rings. The predicted octanol–water partition coefficient (Wildman–Crippen LogP) is 0.885. The van der Waals surface area contributed by atoms with Crippen LogP contribution in [0.3, 0.4) is 0 Å². The van der Waals surface area contributed by atoms with Gasteiger partial charge in [-0.25, -0.2) is 0 Å². The number of aryl methyl sites for hydroxylation is 1. The Morgan fingerprint density at radius 3 is 2.93 bits per heavy atom. The van der Waals surface area contributed by atoms with E-state index in [2.05, 4.69) is 10.3 Å². The van der Waals surface area contributed by atoms with Crippen molar-refractivity contribution in [1.82, 2.24) is 15.2 Å². The lowest BCUT2D eigenvalue weighted by Crippen LogP contribution is -1.94. The molecular formula is C7H6N4O3. The smallest absolute Gasteiger partial charge is 0.274 e. The van der Waals surface area contributed by atoms with Crippen LogP contribution in [0.4, 0.5) is 5.69 Å². The van der Waals surface area contributed by atoms with Crippen molar-refractivity contribution >= 4 is 16.7 Å². The van der Waals surface area contributed by atoms with Crippen molar-refractivity contribution in [2.45, 2.75) is 6.92 Å². The van der Waals surface area contributed by atoms with E-state index in [0.717, 1.165) is 0 Å². The van der Waals surface area contributed by atoms with E-state index >= 15 is 0 Å². The van der Waals surface area contributed by atoms with Crippen LogP contribution in [-0.2, 0) is 0 Å². The molecule has 0 saturated heterocycles. The van der Waals surface area contributed by atoms with E-state index in [-0.39, 0.29) is 11.2 Å². The summed E-state index contributed by atoms with van der Waals surface area (Å²) in [4.78, 5) is 10.6. The summed E-state index contributed by atoms with van der Waals surface area (Å²) in [5.74, 6) is 0. The minimum absolute atomic E-state index is 0.0601. The monoisotopic (exact) mass is 194 g/mol. The predicted molar refractivity (Wildman–Crippen MR) is 46.1 cm³/mol. The molecule has 0 bridgehead atoms. The molecule has 0 unspecified atom stereocenters. The van der Waals surface area contributed by atoms with Crippen molar-refractivity contribution < 1.29 is 10.1 Å². The fourth-order valence-electron chi connectivity index (χ4n) is 1.25. The lowest BCUT2D eigenvalue weighted by atomic mass is 10.2. The largest absolute Gasteiger partial charge is 0.410 e. The van der Waals surface area contributed by atoms with Gasteiger partial charge in [0.1, 0.15) is 11.0 Å². The quantitative estimate of drug-likeness (QED) is 0.413. The van der Waals surface area contributed by atoms with Gasteiger partial charge in [-0.1, -0.05) is 4.85 Å². The Bertz CT molecular complexity index is 519.